The van der Waals surface area contributed by atoms with Crippen LogP contribution in [0.2, 0.25) is 5.02 Å². The van der Waals surface area contributed by atoms with Crippen molar-refractivity contribution >= 4 is 17.5 Å². The van der Waals surface area contributed by atoms with Gasteiger partial charge in [0.1, 0.15) is 11.7 Å². The molecule has 1 amide bonds. The van der Waals surface area contributed by atoms with Gasteiger partial charge in [-0.2, -0.15) is 0 Å². The van der Waals surface area contributed by atoms with Crippen LogP contribution < -0.4 is 5.73 Å². The fraction of sp³-hybridized carbons (Fsp3) is 0.406. The number of benzene rings is 3. The normalized spacial score (nSPS) is 17.2. The van der Waals surface area contributed by atoms with Crippen LogP contribution >= 0.6 is 11.6 Å². The van der Waals surface area contributed by atoms with Gasteiger partial charge in [0.25, 0.3) is 5.91 Å². The van der Waals surface area contributed by atoms with Gasteiger partial charge in [0.15, 0.2) is 0 Å². The van der Waals surface area contributed by atoms with Crippen LogP contribution in [0.1, 0.15) is 53.2 Å². The summed E-state index contributed by atoms with van der Waals surface area (Å²) in [5.41, 5.74) is 9.57. The molecule has 6 nitrogen and oxygen atoms in total. The lowest BCUT2D eigenvalue weighted by Gasteiger charge is -2.43. The number of hydrogen-bond acceptors (Lipinski definition) is 5. The molecule has 1 saturated heterocycles. The Kier molecular flexibility index (Phi) is 10.2. The zero-order valence-corrected chi connectivity index (χ0v) is 23.6. The van der Waals surface area contributed by atoms with Gasteiger partial charge in [0, 0.05) is 43.0 Å². The highest BCUT2D eigenvalue weighted by Crippen LogP contribution is 2.43. The number of ether oxygens (including phenoxy) is 2. The molecule has 3 aromatic rings. The number of aryl methyl sites for hydroxylation is 1. The predicted octanol–water partition coefficient (Wildman–Crippen LogP) is 5.57. The van der Waals surface area contributed by atoms with Crippen molar-refractivity contribution < 1.29 is 19.4 Å². The molecule has 0 radical (unpaired) electrons. The number of aliphatic hydroxyl groups is 1. The van der Waals surface area contributed by atoms with Crippen LogP contribution in [0.15, 0.2) is 66.7 Å². The number of morpholine rings is 1. The third-order valence-electron chi connectivity index (χ3n) is 7.58. The second kappa shape index (κ2) is 13.6. The fourth-order valence-corrected chi connectivity index (χ4v) is 5.61. The zero-order chi connectivity index (χ0) is 27.8. The van der Waals surface area contributed by atoms with Gasteiger partial charge in [-0.1, -0.05) is 67.1 Å². The first kappa shape index (κ1) is 29.2. The molecule has 1 unspecified atom stereocenters. The molecule has 1 aliphatic rings. The Balaban J connectivity index is 1.71. The van der Waals surface area contributed by atoms with Crippen molar-refractivity contribution in [1.29, 1.82) is 0 Å². The van der Waals surface area contributed by atoms with Crippen LogP contribution in [0.5, 0.6) is 0 Å². The van der Waals surface area contributed by atoms with Crippen molar-refractivity contribution in [2.45, 2.75) is 50.9 Å². The van der Waals surface area contributed by atoms with Crippen molar-refractivity contribution in [2.75, 3.05) is 33.4 Å². The monoisotopic (exact) mass is 550 g/mol. The molecule has 0 bridgehead atoms. The van der Waals surface area contributed by atoms with Crippen LogP contribution in [-0.2, 0) is 28.0 Å². The molecule has 1 fully saturated rings. The van der Waals surface area contributed by atoms with Gasteiger partial charge in [0.05, 0.1) is 13.2 Å². The van der Waals surface area contributed by atoms with Crippen molar-refractivity contribution in [3.8, 4) is 11.1 Å². The van der Waals surface area contributed by atoms with Gasteiger partial charge < -0.3 is 25.2 Å². The molecule has 39 heavy (non-hydrogen) atoms. The lowest BCUT2D eigenvalue weighted by atomic mass is 9.78. The number of amides is 1. The molecule has 208 valence electrons. The van der Waals surface area contributed by atoms with E-state index in [1.807, 2.05) is 54.6 Å². The lowest BCUT2D eigenvalue weighted by molar-refractivity contribution is -0.146. The highest BCUT2D eigenvalue weighted by Gasteiger charge is 2.44. The lowest BCUT2D eigenvalue weighted by Crippen LogP contribution is -2.54. The molecule has 2 atom stereocenters. The number of carbonyl (C=O) groups is 1. The largest absolute Gasteiger partial charge is 0.385 e. The van der Waals surface area contributed by atoms with Crippen molar-refractivity contribution in [3.63, 3.8) is 0 Å². The number of nitrogens with two attached hydrogens (primary N) is 1. The number of hydrogen-bond donors (Lipinski definition) is 2. The molecule has 4 rings (SSSR count). The van der Waals surface area contributed by atoms with E-state index in [-0.39, 0.29) is 12.5 Å². The minimum Gasteiger partial charge on any atom is -0.385 e. The average molecular weight is 551 g/mol. The van der Waals surface area contributed by atoms with Gasteiger partial charge in [-0.05, 0) is 66.1 Å². The first-order valence-corrected chi connectivity index (χ1v) is 14.1. The maximum absolute atomic E-state index is 13.4. The molecule has 3 N–H and O–H groups in total. The smallest absolute Gasteiger partial charge is 0.254 e. The summed E-state index contributed by atoms with van der Waals surface area (Å²) in [6.45, 7) is 4.19. The molecule has 0 saturated carbocycles. The summed E-state index contributed by atoms with van der Waals surface area (Å²) in [7, 11) is 1.68. The summed E-state index contributed by atoms with van der Waals surface area (Å²) in [5.74, 6) is -0.0874. The third-order valence-corrected chi connectivity index (χ3v) is 7.90. The Morgan fingerprint density at radius 3 is 2.62 bits per heavy atom. The van der Waals surface area contributed by atoms with Crippen LogP contribution in [0.3, 0.4) is 0 Å². The molecule has 0 aliphatic carbocycles. The van der Waals surface area contributed by atoms with Gasteiger partial charge in [-0.3, -0.25) is 4.79 Å². The fourth-order valence-electron chi connectivity index (χ4n) is 5.32. The number of methoxy groups -OCH3 is 1. The van der Waals surface area contributed by atoms with E-state index in [1.165, 1.54) is 5.56 Å². The zero-order valence-electron chi connectivity index (χ0n) is 22.9. The Morgan fingerprint density at radius 1 is 1.13 bits per heavy atom. The van der Waals surface area contributed by atoms with Crippen molar-refractivity contribution in [2.24, 2.45) is 5.73 Å². The quantitative estimate of drug-likeness (QED) is 0.305. The molecule has 0 spiro atoms. The molecule has 1 aliphatic heterocycles. The highest BCUT2D eigenvalue weighted by atomic mass is 35.5. The average Bonchev–Trinajstić information content (AvgIpc) is 2.98. The Labute approximate surface area is 236 Å². The number of nitrogens with zero attached hydrogens (tertiary/aromatic N) is 1. The topological polar surface area (TPSA) is 85.0 Å². The highest BCUT2D eigenvalue weighted by molar-refractivity contribution is 6.33. The van der Waals surface area contributed by atoms with Gasteiger partial charge in [-0.15, -0.1) is 0 Å². The predicted molar refractivity (Wildman–Crippen MR) is 156 cm³/mol. The van der Waals surface area contributed by atoms with E-state index in [2.05, 4.69) is 19.1 Å². The minimum absolute atomic E-state index is 0.0874. The summed E-state index contributed by atoms with van der Waals surface area (Å²) in [6, 6.07) is 21.3. The first-order valence-electron chi connectivity index (χ1n) is 13.7. The van der Waals surface area contributed by atoms with E-state index in [0.717, 1.165) is 36.0 Å². The first-order chi connectivity index (χ1) is 18.9. The van der Waals surface area contributed by atoms with Crippen LogP contribution in [-0.4, -0.2) is 55.4 Å². The summed E-state index contributed by atoms with van der Waals surface area (Å²) >= 11 is 6.83. The van der Waals surface area contributed by atoms with E-state index in [4.69, 9.17) is 26.8 Å². The van der Waals surface area contributed by atoms with Crippen molar-refractivity contribution in [1.82, 2.24) is 4.90 Å². The molecule has 0 aromatic heterocycles. The van der Waals surface area contributed by atoms with Crippen LogP contribution in [0.4, 0.5) is 0 Å². The molecular weight excluding hydrogens is 512 g/mol. The Morgan fingerprint density at radius 2 is 1.90 bits per heavy atom. The van der Waals surface area contributed by atoms with E-state index < -0.39 is 11.7 Å². The summed E-state index contributed by atoms with van der Waals surface area (Å²) in [5, 5.41) is 13.1. The summed E-state index contributed by atoms with van der Waals surface area (Å²) in [6.07, 6.45) is 2.22. The Hall–Kier alpha value is -2.74. The number of unbranched alkanes of at least 4 members (excludes halogenated alkanes) is 1. The van der Waals surface area contributed by atoms with Crippen LogP contribution in [0.25, 0.3) is 11.1 Å². The van der Waals surface area contributed by atoms with Gasteiger partial charge >= 0.3 is 0 Å². The number of carbonyl (C=O) groups excluding carboxylic acids is 1. The minimum atomic E-state index is -1.38. The van der Waals surface area contributed by atoms with E-state index >= 15 is 0 Å². The SMILES string of the molecule is CCc1cccc(-c2c(Cl)cccc2[C@](O)(CCCCOC)C2CN(C(=O)c3ccc(CN)cc3)CCO2)c1. The second-order valence-electron chi connectivity index (χ2n) is 10.1. The maximum Gasteiger partial charge on any atom is 0.254 e. The third kappa shape index (κ3) is 6.71. The van der Waals surface area contributed by atoms with E-state index in [9.17, 15) is 9.90 Å². The number of rotatable bonds is 11. The molecule has 1 heterocycles. The van der Waals surface area contributed by atoms with E-state index in [1.54, 1.807) is 12.0 Å². The maximum atomic E-state index is 13.4. The Bertz CT molecular complexity index is 1250. The van der Waals surface area contributed by atoms with Gasteiger partial charge in [0.2, 0.25) is 0 Å². The van der Waals surface area contributed by atoms with Crippen molar-refractivity contribution in [3.05, 3.63) is 94.0 Å². The molecular formula is C32H39ClN2O4. The molecule has 7 heteroatoms. The molecule has 3 aromatic carbocycles. The number of halogens is 1. The van der Waals surface area contributed by atoms with Gasteiger partial charge in [-0.25, -0.2) is 0 Å². The van der Waals surface area contributed by atoms with Crippen LogP contribution in [0, 0.1) is 0 Å². The summed E-state index contributed by atoms with van der Waals surface area (Å²) < 4.78 is 11.5. The summed E-state index contributed by atoms with van der Waals surface area (Å²) in [4.78, 5) is 15.2. The standard InChI is InChI=1S/C32H39ClN2O4/c1-3-23-8-6-9-26(20-23)30-27(10-7-11-28(30)33)32(37,16-4-5-18-38-2)29-22-35(17-19-39-29)31(36)25-14-12-24(21-34)13-15-25/h6-15,20,29,37H,3-5,16-19,21-22,34H2,1-2H3/t29?,32-/m1/s1. The van der Waals surface area contributed by atoms with E-state index in [0.29, 0.717) is 48.9 Å². The second-order valence-corrected chi connectivity index (χ2v) is 10.5.